The van der Waals surface area contributed by atoms with Crippen molar-refractivity contribution in [3.63, 3.8) is 0 Å². The van der Waals surface area contributed by atoms with Gasteiger partial charge in [-0.2, -0.15) is 0 Å². The van der Waals surface area contributed by atoms with Crippen LogP contribution in [-0.4, -0.2) is 40.7 Å². The summed E-state index contributed by atoms with van der Waals surface area (Å²) in [4.78, 5) is 11.5. The Bertz CT molecular complexity index is 261. The predicted octanol–water partition coefficient (Wildman–Crippen LogP) is 0.645. The van der Waals surface area contributed by atoms with Gasteiger partial charge in [-0.15, -0.1) is 0 Å². The SMILES string of the molecule is CC(C)(C)OC(=O)N[C@]1(CO)C[C@@H]1CCO. The Morgan fingerprint density at radius 2 is 2.12 bits per heavy atom. The quantitative estimate of drug-likeness (QED) is 0.663. The number of hydrogen-bond donors (Lipinski definition) is 3. The van der Waals surface area contributed by atoms with Gasteiger partial charge in [0.05, 0.1) is 12.1 Å². The molecule has 5 nitrogen and oxygen atoms in total. The number of alkyl carbamates (subject to hydrolysis) is 1. The van der Waals surface area contributed by atoms with Gasteiger partial charge in [0, 0.05) is 6.61 Å². The number of aliphatic hydroxyl groups is 2. The van der Waals surface area contributed by atoms with Crippen LogP contribution >= 0.6 is 0 Å². The lowest BCUT2D eigenvalue weighted by atomic mass is 10.2. The average Bonchev–Trinajstić information content (AvgIpc) is 2.76. The average molecular weight is 231 g/mol. The van der Waals surface area contributed by atoms with Crippen LogP contribution in [0.15, 0.2) is 0 Å². The molecule has 5 heteroatoms. The van der Waals surface area contributed by atoms with E-state index < -0.39 is 17.2 Å². The van der Waals surface area contributed by atoms with Crippen LogP contribution in [0.4, 0.5) is 4.79 Å². The lowest BCUT2D eigenvalue weighted by Gasteiger charge is -2.23. The van der Waals surface area contributed by atoms with Crippen molar-refractivity contribution in [2.45, 2.75) is 44.8 Å². The largest absolute Gasteiger partial charge is 0.444 e. The zero-order valence-corrected chi connectivity index (χ0v) is 10.1. The molecule has 1 fully saturated rings. The van der Waals surface area contributed by atoms with E-state index in [-0.39, 0.29) is 19.1 Å². The first-order valence-corrected chi connectivity index (χ1v) is 5.56. The highest BCUT2D eigenvalue weighted by molar-refractivity contribution is 5.69. The van der Waals surface area contributed by atoms with E-state index in [1.54, 1.807) is 20.8 Å². The molecule has 0 aliphatic heterocycles. The second-order valence-electron chi connectivity index (χ2n) is 5.35. The van der Waals surface area contributed by atoms with E-state index in [2.05, 4.69) is 5.32 Å². The molecular formula is C11H21NO4. The number of nitrogens with one attached hydrogen (secondary N) is 1. The molecule has 3 N–H and O–H groups in total. The van der Waals surface area contributed by atoms with E-state index in [0.29, 0.717) is 12.8 Å². The van der Waals surface area contributed by atoms with Crippen molar-refractivity contribution in [3.05, 3.63) is 0 Å². The van der Waals surface area contributed by atoms with Crippen LogP contribution in [0.2, 0.25) is 0 Å². The summed E-state index contributed by atoms with van der Waals surface area (Å²) in [7, 11) is 0. The Labute approximate surface area is 95.8 Å². The Morgan fingerprint density at radius 3 is 2.56 bits per heavy atom. The van der Waals surface area contributed by atoms with Gasteiger partial charge in [0.25, 0.3) is 0 Å². The zero-order valence-electron chi connectivity index (χ0n) is 10.1. The minimum Gasteiger partial charge on any atom is -0.444 e. The summed E-state index contributed by atoms with van der Waals surface area (Å²) in [5.74, 6) is 0.148. The first-order valence-electron chi connectivity index (χ1n) is 5.56. The van der Waals surface area contributed by atoms with Crippen LogP contribution < -0.4 is 5.32 Å². The van der Waals surface area contributed by atoms with E-state index in [9.17, 15) is 9.90 Å². The molecule has 94 valence electrons. The molecule has 0 aromatic rings. The molecule has 0 heterocycles. The Kier molecular flexibility index (Phi) is 3.80. The molecule has 0 radical (unpaired) electrons. The van der Waals surface area contributed by atoms with E-state index in [1.807, 2.05) is 0 Å². The van der Waals surface area contributed by atoms with Gasteiger partial charge in [-0.1, -0.05) is 0 Å². The number of rotatable bonds is 4. The first kappa shape index (κ1) is 13.3. The van der Waals surface area contributed by atoms with Crippen LogP contribution in [-0.2, 0) is 4.74 Å². The predicted molar refractivity (Wildman–Crippen MR) is 59.0 cm³/mol. The fourth-order valence-electron chi connectivity index (χ4n) is 1.81. The van der Waals surface area contributed by atoms with Gasteiger partial charge in [-0.05, 0) is 39.5 Å². The maximum absolute atomic E-state index is 11.5. The second-order valence-corrected chi connectivity index (χ2v) is 5.35. The molecule has 0 saturated heterocycles. The molecule has 0 bridgehead atoms. The second kappa shape index (κ2) is 4.59. The van der Waals surface area contributed by atoms with Crippen molar-refractivity contribution < 1.29 is 19.7 Å². The number of carbonyl (C=O) groups is 1. The van der Waals surface area contributed by atoms with Gasteiger partial charge in [0.1, 0.15) is 5.60 Å². The van der Waals surface area contributed by atoms with E-state index in [4.69, 9.17) is 9.84 Å². The molecule has 1 amide bonds. The highest BCUT2D eigenvalue weighted by Crippen LogP contribution is 2.45. The third-order valence-electron chi connectivity index (χ3n) is 2.74. The first-order chi connectivity index (χ1) is 7.33. The van der Waals surface area contributed by atoms with Crippen LogP contribution in [0.3, 0.4) is 0 Å². The summed E-state index contributed by atoms with van der Waals surface area (Å²) >= 11 is 0. The number of ether oxygens (including phenoxy) is 1. The molecule has 0 unspecified atom stereocenters. The van der Waals surface area contributed by atoms with Crippen LogP contribution in [0.5, 0.6) is 0 Å². The molecule has 0 aromatic carbocycles. The molecule has 1 aliphatic rings. The zero-order chi connectivity index (χ0) is 12.4. The van der Waals surface area contributed by atoms with Crippen molar-refractivity contribution in [1.82, 2.24) is 5.32 Å². The van der Waals surface area contributed by atoms with E-state index in [1.165, 1.54) is 0 Å². The lowest BCUT2D eigenvalue weighted by molar-refractivity contribution is 0.0459. The standard InChI is InChI=1S/C11H21NO4/c1-10(2,3)16-9(15)12-11(7-14)6-8(11)4-5-13/h8,13-14H,4-7H2,1-3H3,(H,12,15)/t8-,11-/m0/s1. The summed E-state index contributed by atoms with van der Waals surface area (Å²) in [5.41, 5.74) is -1.12. The molecular weight excluding hydrogens is 210 g/mol. The van der Waals surface area contributed by atoms with Crippen molar-refractivity contribution in [1.29, 1.82) is 0 Å². The molecule has 0 aromatic heterocycles. The van der Waals surface area contributed by atoms with Crippen molar-refractivity contribution in [3.8, 4) is 0 Å². The minimum atomic E-state index is -0.578. The summed E-state index contributed by atoms with van der Waals surface area (Å²) in [6.45, 7) is 5.32. The smallest absolute Gasteiger partial charge is 0.408 e. The molecule has 2 atom stereocenters. The molecule has 1 saturated carbocycles. The number of hydrogen-bond acceptors (Lipinski definition) is 4. The summed E-state index contributed by atoms with van der Waals surface area (Å²) in [6.07, 6.45) is 0.779. The normalized spacial score (nSPS) is 28.7. The van der Waals surface area contributed by atoms with Gasteiger partial charge in [-0.3, -0.25) is 0 Å². The topological polar surface area (TPSA) is 78.8 Å². The summed E-state index contributed by atoms with van der Waals surface area (Å²) in [6, 6.07) is 0. The highest BCUT2D eigenvalue weighted by Gasteiger charge is 2.54. The highest BCUT2D eigenvalue weighted by atomic mass is 16.6. The maximum Gasteiger partial charge on any atom is 0.408 e. The van der Waals surface area contributed by atoms with E-state index >= 15 is 0 Å². The third kappa shape index (κ3) is 3.35. The molecule has 1 aliphatic carbocycles. The Balaban J connectivity index is 2.44. The summed E-state index contributed by atoms with van der Waals surface area (Å²) in [5, 5.41) is 20.7. The summed E-state index contributed by atoms with van der Waals surface area (Å²) < 4.78 is 5.12. The van der Waals surface area contributed by atoms with E-state index in [0.717, 1.165) is 0 Å². The Morgan fingerprint density at radius 1 is 1.50 bits per heavy atom. The number of carbonyl (C=O) groups excluding carboxylic acids is 1. The van der Waals surface area contributed by atoms with Crippen LogP contribution in [0, 0.1) is 5.92 Å². The molecule has 0 spiro atoms. The fraction of sp³-hybridized carbons (Fsp3) is 0.909. The van der Waals surface area contributed by atoms with Crippen LogP contribution in [0.25, 0.3) is 0 Å². The van der Waals surface area contributed by atoms with Gasteiger partial charge < -0.3 is 20.3 Å². The number of amides is 1. The van der Waals surface area contributed by atoms with Crippen molar-refractivity contribution in [2.24, 2.45) is 5.92 Å². The van der Waals surface area contributed by atoms with Crippen molar-refractivity contribution >= 4 is 6.09 Å². The van der Waals surface area contributed by atoms with Gasteiger partial charge in [-0.25, -0.2) is 4.79 Å². The molecule has 16 heavy (non-hydrogen) atoms. The van der Waals surface area contributed by atoms with Gasteiger partial charge >= 0.3 is 6.09 Å². The lowest BCUT2D eigenvalue weighted by Crippen LogP contribution is -2.44. The Hall–Kier alpha value is -0.810. The fourth-order valence-corrected chi connectivity index (χ4v) is 1.81. The van der Waals surface area contributed by atoms with Gasteiger partial charge in [0.2, 0.25) is 0 Å². The number of aliphatic hydroxyl groups excluding tert-OH is 2. The minimum absolute atomic E-state index is 0.0718. The molecule has 1 rings (SSSR count). The third-order valence-corrected chi connectivity index (χ3v) is 2.74. The van der Waals surface area contributed by atoms with Crippen molar-refractivity contribution in [2.75, 3.05) is 13.2 Å². The van der Waals surface area contributed by atoms with Crippen LogP contribution in [0.1, 0.15) is 33.6 Å². The maximum atomic E-state index is 11.5. The monoisotopic (exact) mass is 231 g/mol. The van der Waals surface area contributed by atoms with Gasteiger partial charge in [0.15, 0.2) is 0 Å².